The molecule has 0 radical (unpaired) electrons. The zero-order chi connectivity index (χ0) is 14.4. The van der Waals surface area contributed by atoms with Gasteiger partial charge in [-0.25, -0.2) is 14.5 Å². The van der Waals surface area contributed by atoms with Gasteiger partial charge in [-0.15, -0.1) is 0 Å². The molecule has 6 nitrogen and oxygen atoms in total. The number of imidazole rings is 1. The fraction of sp³-hybridized carbons (Fsp3) is 0.0714. The first-order chi connectivity index (χ1) is 10.3. The largest absolute Gasteiger partial charge is 0.382 e. The van der Waals surface area contributed by atoms with Crippen LogP contribution in [-0.2, 0) is 0 Å². The molecule has 104 valence electrons. The van der Waals surface area contributed by atoms with E-state index in [1.54, 1.807) is 4.52 Å². The zero-order valence-electron chi connectivity index (χ0n) is 11.2. The van der Waals surface area contributed by atoms with Gasteiger partial charge in [0.25, 0.3) is 0 Å². The molecule has 0 unspecified atom stereocenters. The van der Waals surface area contributed by atoms with E-state index >= 15 is 0 Å². The molecule has 0 aliphatic carbocycles. The summed E-state index contributed by atoms with van der Waals surface area (Å²) in [5, 5.41) is 6.16. The van der Waals surface area contributed by atoms with Crippen LogP contribution in [0.25, 0.3) is 27.8 Å². The van der Waals surface area contributed by atoms with Crippen LogP contribution >= 0.6 is 11.8 Å². The molecule has 21 heavy (non-hydrogen) atoms. The van der Waals surface area contributed by atoms with E-state index in [2.05, 4.69) is 32.2 Å². The standard InChI is InChI=1S/C14H12N6S/c1-21-14-19-11(12-13(15)16-7-17-20(12)14)10-6-8-4-2-3-5-9(8)18-10/h2-7,18H,1H3,(H2,15,16,17). The number of benzene rings is 1. The van der Waals surface area contributed by atoms with Crippen LogP contribution in [0.15, 0.2) is 41.8 Å². The molecule has 0 atom stereocenters. The molecule has 0 saturated heterocycles. The summed E-state index contributed by atoms with van der Waals surface area (Å²) in [5.41, 5.74) is 9.50. The molecule has 0 saturated carbocycles. The summed E-state index contributed by atoms with van der Waals surface area (Å²) >= 11 is 1.52. The van der Waals surface area contributed by atoms with Crippen molar-refractivity contribution in [3.05, 3.63) is 36.7 Å². The zero-order valence-corrected chi connectivity index (χ0v) is 12.1. The highest BCUT2D eigenvalue weighted by atomic mass is 32.2. The average molecular weight is 296 g/mol. The van der Waals surface area contributed by atoms with Crippen molar-refractivity contribution >= 4 is 34.0 Å². The van der Waals surface area contributed by atoms with Crippen molar-refractivity contribution in [2.75, 3.05) is 12.0 Å². The lowest BCUT2D eigenvalue weighted by Gasteiger charge is -1.98. The van der Waals surface area contributed by atoms with Gasteiger partial charge in [-0.2, -0.15) is 5.10 Å². The SMILES string of the molecule is CSc1nc(-c2cc3ccccc3[nH]2)c2c(N)ncnn12. The molecule has 0 aliphatic heterocycles. The Hall–Kier alpha value is -2.54. The summed E-state index contributed by atoms with van der Waals surface area (Å²) < 4.78 is 1.73. The molecule has 3 aromatic heterocycles. The van der Waals surface area contributed by atoms with Gasteiger partial charge in [0.1, 0.15) is 17.5 Å². The summed E-state index contributed by atoms with van der Waals surface area (Å²) in [7, 11) is 0. The maximum absolute atomic E-state index is 6.02. The van der Waals surface area contributed by atoms with Crippen molar-refractivity contribution in [1.82, 2.24) is 24.6 Å². The molecule has 7 heteroatoms. The summed E-state index contributed by atoms with van der Waals surface area (Å²) in [6.07, 6.45) is 3.40. The number of fused-ring (bicyclic) bond motifs is 2. The quantitative estimate of drug-likeness (QED) is 0.555. The molecule has 0 fully saturated rings. The van der Waals surface area contributed by atoms with Crippen LogP contribution in [0.5, 0.6) is 0 Å². The Bertz CT molecular complexity index is 922. The molecule has 0 spiro atoms. The number of anilines is 1. The molecule has 0 bridgehead atoms. The molecular formula is C14H12N6S. The minimum absolute atomic E-state index is 0.423. The summed E-state index contributed by atoms with van der Waals surface area (Å²) in [4.78, 5) is 12.1. The lowest BCUT2D eigenvalue weighted by molar-refractivity contribution is 0.800. The monoisotopic (exact) mass is 296 g/mol. The Balaban J connectivity index is 2.05. The Morgan fingerprint density at radius 2 is 2.14 bits per heavy atom. The maximum Gasteiger partial charge on any atom is 0.189 e. The number of nitrogens with zero attached hydrogens (tertiary/aromatic N) is 4. The molecule has 3 N–H and O–H groups in total. The summed E-state index contributed by atoms with van der Waals surface area (Å²) in [5.74, 6) is 0.423. The van der Waals surface area contributed by atoms with Crippen LogP contribution in [-0.4, -0.2) is 30.8 Å². The fourth-order valence-corrected chi connectivity index (χ4v) is 2.94. The van der Waals surface area contributed by atoms with Gasteiger partial charge in [0, 0.05) is 10.9 Å². The summed E-state index contributed by atoms with van der Waals surface area (Å²) in [6.45, 7) is 0. The number of nitrogens with one attached hydrogen (secondary N) is 1. The van der Waals surface area contributed by atoms with Crippen molar-refractivity contribution in [2.24, 2.45) is 0 Å². The van der Waals surface area contributed by atoms with E-state index in [9.17, 15) is 0 Å². The van der Waals surface area contributed by atoms with Gasteiger partial charge >= 0.3 is 0 Å². The normalized spacial score (nSPS) is 11.5. The second kappa shape index (κ2) is 4.49. The highest BCUT2D eigenvalue weighted by molar-refractivity contribution is 7.98. The smallest absolute Gasteiger partial charge is 0.189 e. The molecule has 0 aliphatic rings. The molecule has 3 heterocycles. The number of para-hydroxylation sites is 1. The Morgan fingerprint density at radius 3 is 2.95 bits per heavy atom. The number of aromatic amines is 1. The highest BCUT2D eigenvalue weighted by Crippen LogP contribution is 2.31. The predicted octanol–water partition coefficient (Wildman–Crippen LogP) is 2.58. The van der Waals surface area contributed by atoms with Crippen molar-refractivity contribution < 1.29 is 0 Å². The van der Waals surface area contributed by atoms with E-state index in [0.29, 0.717) is 5.82 Å². The van der Waals surface area contributed by atoms with Gasteiger partial charge in [-0.1, -0.05) is 30.0 Å². The molecule has 0 amide bonds. The second-order valence-corrected chi connectivity index (χ2v) is 5.40. The fourth-order valence-electron chi connectivity index (χ4n) is 2.45. The van der Waals surface area contributed by atoms with E-state index in [0.717, 1.165) is 33.0 Å². The van der Waals surface area contributed by atoms with Crippen LogP contribution in [0.4, 0.5) is 5.82 Å². The van der Waals surface area contributed by atoms with Gasteiger partial charge in [0.15, 0.2) is 11.0 Å². The van der Waals surface area contributed by atoms with Crippen molar-refractivity contribution in [3.63, 3.8) is 0 Å². The number of nitrogen functional groups attached to an aromatic ring is 1. The second-order valence-electron chi connectivity index (χ2n) is 4.62. The first-order valence-corrected chi connectivity index (χ1v) is 7.61. The predicted molar refractivity (Wildman–Crippen MR) is 84.3 cm³/mol. The number of rotatable bonds is 2. The number of hydrogen-bond acceptors (Lipinski definition) is 5. The summed E-state index contributed by atoms with van der Waals surface area (Å²) in [6, 6.07) is 10.2. The third-order valence-corrected chi connectivity index (χ3v) is 4.03. The number of thioether (sulfide) groups is 1. The average Bonchev–Trinajstić information content (AvgIpc) is 3.08. The first kappa shape index (κ1) is 12.2. The van der Waals surface area contributed by atoms with Crippen molar-refractivity contribution in [1.29, 1.82) is 0 Å². The molecule has 1 aromatic carbocycles. The van der Waals surface area contributed by atoms with E-state index < -0.39 is 0 Å². The van der Waals surface area contributed by atoms with Crippen LogP contribution in [0.2, 0.25) is 0 Å². The Labute approximate surface area is 124 Å². The van der Waals surface area contributed by atoms with E-state index in [1.165, 1.54) is 18.1 Å². The lowest BCUT2D eigenvalue weighted by Crippen LogP contribution is -1.99. The van der Waals surface area contributed by atoms with Gasteiger partial charge in [0.2, 0.25) is 0 Å². The lowest BCUT2D eigenvalue weighted by atomic mass is 10.2. The van der Waals surface area contributed by atoms with E-state index in [1.807, 2.05) is 24.5 Å². The number of H-pyrrole nitrogens is 1. The topological polar surface area (TPSA) is 84.9 Å². The minimum atomic E-state index is 0.423. The van der Waals surface area contributed by atoms with Crippen LogP contribution < -0.4 is 5.73 Å². The molecule has 4 aromatic rings. The molecular weight excluding hydrogens is 284 g/mol. The number of hydrogen-bond donors (Lipinski definition) is 2. The Kier molecular flexibility index (Phi) is 2.61. The van der Waals surface area contributed by atoms with Gasteiger partial charge in [0.05, 0.1) is 5.69 Å². The number of aromatic nitrogens is 5. The van der Waals surface area contributed by atoms with Crippen molar-refractivity contribution in [3.8, 4) is 11.4 Å². The third-order valence-electron chi connectivity index (χ3n) is 3.40. The van der Waals surface area contributed by atoms with Gasteiger partial charge in [-0.3, -0.25) is 0 Å². The van der Waals surface area contributed by atoms with Crippen LogP contribution in [0, 0.1) is 0 Å². The maximum atomic E-state index is 6.02. The minimum Gasteiger partial charge on any atom is -0.382 e. The highest BCUT2D eigenvalue weighted by Gasteiger charge is 2.17. The van der Waals surface area contributed by atoms with Gasteiger partial charge in [-0.05, 0) is 18.4 Å². The van der Waals surface area contributed by atoms with Crippen molar-refractivity contribution in [2.45, 2.75) is 5.16 Å². The number of nitrogens with two attached hydrogens (primary N) is 1. The molecule has 4 rings (SSSR count). The van der Waals surface area contributed by atoms with Gasteiger partial charge < -0.3 is 10.7 Å². The first-order valence-electron chi connectivity index (χ1n) is 6.39. The van der Waals surface area contributed by atoms with E-state index in [-0.39, 0.29) is 0 Å². The van der Waals surface area contributed by atoms with Crippen LogP contribution in [0.3, 0.4) is 0 Å². The van der Waals surface area contributed by atoms with E-state index in [4.69, 9.17) is 5.73 Å². The van der Waals surface area contributed by atoms with Crippen LogP contribution in [0.1, 0.15) is 0 Å². The Morgan fingerprint density at radius 1 is 1.29 bits per heavy atom. The third kappa shape index (κ3) is 1.78.